The second-order valence-corrected chi connectivity index (χ2v) is 5.95. The number of carbonyl (C=O) groups is 1. The highest BCUT2D eigenvalue weighted by molar-refractivity contribution is 5.84. The van der Waals surface area contributed by atoms with Crippen molar-refractivity contribution in [2.24, 2.45) is 11.7 Å². The minimum Gasteiger partial charge on any atom is -0.368 e. The average Bonchev–Trinajstić information content (AvgIpc) is 3.09. The molecule has 3 nitrogen and oxygen atoms in total. The fourth-order valence-electron chi connectivity index (χ4n) is 3.19. The maximum absolute atomic E-state index is 11.8. The van der Waals surface area contributed by atoms with Crippen molar-refractivity contribution in [3.63, 3.8) is 0 Å². The van der Waals surface area contributed by atoms with Crippen molar-refractivity contribution in [1.29, 1.82) is 0 Å². The summed E-state index contributed by atoms with van der Waals surface area (Å²) in [4.78, 5) is 11.8. The van der Waals surface area contributed by atoms with Crippen LogP contribution in [-0.4, -0.2) is 17.5 Å². The molecule has 0 heterocycles. The molecule has 98 valence electrons. The van der Waals surface area contributed by atoms with E-state index >= 15 is 0 Å². The van der Waals surface area contributed by atoms with Gasteiger partial charge in [-0.3, -0.25) is 4.79 Å². The molecule has 1 amide bonds. The molecule has 2 unspecified atom stereocenters. The van der Waals surface area contributed by atoms with Crippen LogP contribution in [0.5, 0.6) is 0 Å². The highest BCUT2D eigenvalue weighted by Crippen LogP contribution is 2.35. The van der Waals surface area contributed by atoms with Gasteiger partial charge in [0.05, 0.1) is 5.54 Å². The van der Waals surface area contributed by atoms with Gasteiger partial charge in [0.15, 0.2) is 0 Å². The van der Waals surface area contributed by atoms with Crippen LogP contribution < -0.4 is 11.1 Å². The Balaban J connectivity index is 1.98. The molecule has 0 saturated heterocycles. The summed E-state index contributed by atoms with van der Waals surface area (Å²) in [5.74, 6) is 0.684. The zero-order chi connectivity index (χ0) is 12.3. The predicted octanol–water partition coefficient (Wildman–Crippen LogP) is 2.34. The van der Waals surface area contributed by atoms with Gasteiger partial charge < -0.3 is 11.1 Å². The molecule has 2 aliphatic rings. The quantitative estimate of drug-likeness (QED) is 0.722. The standard InChI is InChI=1S/C14H26N2O/c1-2-4-11-5-3-9-14(10-8-11,13(15)17)16-12-6-7-12/h11-12,16H,2-10H2,1H3,(H2,15,17). The Hall–Kier alpha value is -0.570. The van der Waals surface area contributed by atoms with Crippen molar-refractivity contribution >= 4 is 5.91 Å². The largest absolute Gasteiger partial charge is 0.368 e. The van der Waals surface area contributed by atoms with Crippen molar-refractivity contribution in [3.8, 4) is 0 Å². The van der Waals surface area contributed by atoms with E-state index < -0.39 is 0 Å². The number of primary amides is 1. The van der Waals surface area contributed by atoms with Gasteiger partial charge in [-0.25, -0.2) is 0 Å². The van der Waals surface area contributed by atoms with E-state index in [1.165, 1.54) is 32.1 Å². The number of carbonyl (C=O) groups excluding carboxylic acids is 1. The molecule has 0 aromatic heterocycles. The monoisotopic (exact) mass is 238 g/mol. The Morgan fingerprint density at radius 2 is 2.06 bits per heavy atom. The zero-order valence-corrected chi connectivity index (χ0v) is 11.0. The van der Waals surface area contributed by atoms with Gasteiger partial charge in [-0.2, -0.15) is 0 Å². The number of nitrogens with one attached hydrogen (secondary N) is 1. The second-order valence-electron chi connectivity index (χ2n) is 5.95. The lowest BCUT2D eigenvalue weighted by Gasteiger charge is -2.31. The molecule has 3 N–H and O–H groups in total. The summed E-state index contributed by atoms with van der Waals surface area (Å²) in [6, 6.07) is 0.560. The summed E-state index contributed by atoms with van der Waals surface area (Å²) < 4.78 is 0. The summed E-state index contributed by atoms with van der Waals surface area (Å²) in [5, 5.41) is 3.53. The minimum absolute atomic E-state index is 0.124. The Kier molecular flexibility index (Phi) is 4.08. The molecule has 0 aromatic carbocycles. The molecule has 0 radical (unpaired) electrons. The van der Waals surface area contributed by atoms with Gasteiger partial charge in [0, 0.05) is 6.04 Å². The molecular formula is C14H26N2O. The van der Waals surface area contributed by atoms with Crippen molar-refractivity contribution in [1.82, 2.24) is 5.32 Å². The SMILES string of the molecule is CCCC1CCCC(NC2CC2)(C(N)=O)CC1. The molecule has 3 heteroatoms. The minimum atomic E-state index is -0.385. The third kappa shape index (κ3) is 3.21. The van der Waals surface area contributed by atoms with Crippen molar-refractivity contribution in [3.05, 3.63) is 0 Å². The van der Waals surface area contributed by atoms with E-state index in [0.29, 0.717) is 6.04 Å². The van der Waals surface area contributed by atoms with Crippen LogP contribution >= 0.6 is 0 Å². The van der Waals surface area contributed by atoms with E-state index in [1.54, 1.807) is 0 Å². The third-order valence-corrected chi connectivity index (χ3v) is 4.42. The molecule has 2 saturated carbocycles. The number of rotatable bonds is 5. The van der Waals surface area contributed by atoms with E-state index in [2.05, 4.69) is 12.2 Å². The van der Waals surface area contributed by atoms with Gasteiger partial charge in [-0.15, -0.1) is 0 Å². The molecule has 0 spiro atoms. The first-order valence-corrected chi connectivity index (χ1v) is 7.24. The summed E-state index contributed by atoms with van der Waals surface area (Å²) in [7, 11) is 0. The van der Waals surface area contributed by atoms with E-state index in [9.17, 15) is 4.79 Å². The lowest BCUT2D eigenvalue weighted by Crippen LogP contribution is -2.56. The lowest BCUT2D eigenvalue weighted by molar-refractivity contribution is -0.125. The van der Waals surface area contributed by atoms with Crippen LogP contribution in [0.3, 0.4) is 0 Å². The van der Waals surface area contributed by atoms with Gasteiger partial charge in [-0.05, 0) is 38.0 Å². The van der Waals surface area contributed by atoms with Gasteiger partial charge in [0.1, 0.15) is 0 Å². The van der Waals surface area contributed by atoms with Crippen molar-refractivity contribution in [2.75, 3.05) is 0 Å². The van der Waals surface area contributed by atoms with Gasteiger partial charge in [0.25, 0.3) is 0 Å². The summed E-state index contributed by atoms with van der Waals surface area (Å²) in [5.41, 5.74) is 5.28. The topological polar surface area (TPSA) is 55.1 Å². The fraction of sp³-hybridized carbons (Fsp3) is 0.929. The number of hydrogen-bond acceptors (Lipinski definition) is 2. The van der Waals surface area contributed by atoms with Crippen molar-refractivity contribution < 1.29 is 4.79 Å². The zero-order valence-electron chi connectivity index (χ0n) is 11.0. The molecular weight excluding hydrogens is 212 g/mol. The van der Waals surface area contributed by atoms with E-state index in [-0.39, 0.29) is 11.4 Å². The number of nitrogens with two attached hydrogens (primary N) is 1. The molecule has 17 heavy (non-hydrogen) atoms. The highest BCUT2D eigenvalue weighted by atomic mass is 16.1. The highest BCUT2D eigenvalue weighted by Gasteiger charge is 2.41. The normalized spacial score (nSPS) is 34.3. The van der Waals surface area contributed by atoms with E-state index in [4.69, 9.17) is 5.73 Å². The maximum atomic E-state index is 11.8. The van der Waals surface area contributed by atoms with E-state index in [1.807, 2.05) is 0 Å². The maximum Gasteiger partial charge on any atom is 0.237 e. The molecule has 0 aliphatic heterocycles. The first-order chi connectivity index (χ1) is 8.16. The van der Waals surface area contributed by atoms with Gasteiger partial charge in [0.2, 0.25) is 5.91 Å². The Morgan fingerprint density at radius 3 is 2.65 bits per heavy atom. The van der Waals surface area contributed by atoms with Crippen LogP contribution in [0.2, 0.25) is 0 Å². The van der Waals surface area contributed by atoms with Crippen LogP contribution in [-0.2, 0) is 4.79 Å². The number of amides is 1. The smallest absolute Gasteiger partial charge is 0.237 e. The predicted molar refractivity (Wildman–Crippen MR) is 69.6 cm³/mol. The summed E-state index contributed by atoms with van der Waals surface area (Å²) in [6.07, 6.45) is 10.5. The van der Waals surface area contributed by atoms with Crippen LogP contribution in [0.25, 0.3) is 0 Å². The van der Waals surface area contributed by atoms with Gasteiger partial charge in [-0.1, -0.05) is 32.6 Å². The van der Waals surface area contributed by atoms with Gasteiger partial charge >= 0.3 is 0 Å². The molecule has 2 atom stereocenters. The first-order valence-electron chi connectivity index (χ1n) is 7.24. The molecule has 0 bridgehead atoms. The lowest BCUT2D eigenvalue weighted by atomic mass is 9.88. The first kappa shape index (κ1) is 12.9. The fourth-order valence-corrected chi connectivity index (χ4v) is 3.19. The second kappa shape index (κ2) is 5.38. The Bertz CT molecular complexity index is 275. The third-order valence-electron chi connectivity index (χ3n) is 4.42. The molecule has 2 fully saturated rings. The van der Waals surface area contributed by atoms with Crippen molar-refractivity contribution in [2.45, 2.75) is 76.3 Å². The van der Waals surface area contributed by atoms with Crippen LogP contribution in [0.4, 0.5) is 0 Å². The Labute approximate surface area is 105 Å². The molecule has 2 rings (SSSR count). The summed E-state index contributed by atoms with van der Waals surface area (Å²) in [6.45, 7) is 2.24. The molecule has 2 aliphatic carbocycles. The van der Waals surface area contributed by atoms with Crippen LogP contribution in [0.1, 0.15) is 64.7 Å². The molecule has 0 aromatic rings. The number of hydrogen-bond donors (Lipinski definition) is 2. The Morgan fingerprint density at radius 1 is 1.29 bits per heavy atom. The summed E-state index contributed by atoms with van der Waals surface area (Å²) >= 11 is 0. The van der Waals surface area contributed by atoms with Crippen LogP contribution in [0, 0.1) is 5.92 Å². The van der Waals surface area contributed by atoms with Crippen LogP contribution in [0.15, 0.2) is 0 Å². The van der Waals surface area contributed by atoms with E-state index in [0.717, 1.165) is 31.6 Å². The average molecular weight is 238 g/mol.